The number of hydrogen-bond acceptors (Lipinski definition) is 4. The zero-order chi connectivity index (χ0) is 16.2. The number of carbonyl (C=O) groups is 1. The number of aryl methyl sites for hydroxylation is 1. The number of aromatic nitrogens is 3. The molecule has 1 atom stereocenters. The van der Waals surface area contributed by atoms with Gasteiger partial charge in [0.15, 0.2) is 0 Å². The number of nitrogens with zero attached hydrogens (tertiary/aromatic N) is 3. The van der Waals surface area contributed by atoms with Gasteiger partial charge in [-0.15, -0.1) is 11.3 Å². The molecule has 0 aliphatic heterocycles. The zero-order valence-corrected chi connectivity index (χ0v) is 13.7. The molecule has 1 aromatic carbocycles. The molecule has 2 N–H and O–H groups in total. The normalized spacial score (nSPS) is 11.9. The SMILES string of the molecule is Cc1nc([C@H](C)NC(=O)Nc2cnn(-c3ccccc3)c2)cs1. The average Bonchev–Trinajstić information content (AvgIpc) is 3.17. The molecular formula is C16H17N5OS. The number of para-hydroxylation sites is 1. The van der Waals surface area contributed by atoms with E-state index >= 15 is 0 Å². The van der Waals surface area contributed by atoms with Crippen LogP contribution in [-0.2, 0) is 0 Å². The van der Waals surface area contributed by atoms with Gasteiger partial charge in [-0.3, -0.25) is 0 Å². The van der Waals surface area contributed by atoms with Gasteiger partial charge in [-0.05, 0) is 26.0 Å². The van der Waals surface area contributed by atoms with E-state index in [0.717, 1.165) is 16.4 Å². The predicted octanol–water partition coefficient (Wildman–Crippen LogP) is 3.52. The molecule has 0 spiro atoms. The monoisotopic (exact) mass is 327 g/mol. The third-order valence-corrected chi connectivity index (χ3v) is 4.08. The fraction of sp³-hybridized carbons (Fsp3) is 0.188. The van der Waals surface area contributed by atoms with Crippen LogP contribution in [0.5, 0.6) is 0 Å². The van der Waals surface area contributed by atoms with Crippen LogP contribution in [0.1, 0.15) is 23.7 Å². The van der Waals surface area contributed by atoms with Crippen molar-refractivity contribution in [1.29, 1.82) is 0 Å². The van der Waals surface area contributed by atoms with Crippen LogP contribution in [0.3, 0.4) is 0 Å². The van der Waals surface area contributed by atoms with Gasteiger partial charge in [0, 0.05) is 5.38 Å². The van der Waals surface area contributed by atoms with Crippen molar-refractivity contribution in [3.63, 3.8) is 0 Å². The van der Waals surface area contributed by atoms with E-state index in [1.165, 1.54) is 0 Å². The Morgan fingerprint density at radius 2 is 2.09 bits per heavy atom. The van der Waals surface area contributed by atoms with Crippen LogP contribution in [0.15, 0.2) is 48.1 Å². The molecular weight excluding hydrogens is 310 g/mol. The van der Waals surface area contributed by atoms with E-state index in [2.05, 4.69) is 20.7 Å². The molecule has 3 rings (SSSR count). The molecule has 6 nitrogen and oxygen atoms in total. The second-order valence-corrected chi connectivity index (χ2v) is 6.18. The first-order valence-electron chi connectivity index (χ1n) is 7.21. The highest BCUT2D eigenvalue weighted by Crippen LogP contribution is 2.16. The third kappa shape index (κ3) is 3.75. The Hall–Kier alpha value is -2.67. The van der Waals surface area contributed by atoms with E-state index in [1.807, 2.05) is 49.6 Å². The number of amides is 2. The number of carbonyl (C=O) groups excluding carboxylic acids is 1. The maximum Gasteiger partial charge on any atom is 0.319 e. The quantitative estimate of drug-likeness (QED) is 0.770. The van der Waals surface area contributed by atoms with E-state index in [4.69, 9.17) is 0 Å². The van der Waals surface area contributed by atoms with E-state index < -0.39 is 0 Å². The Labute approximate surface area is 138 Å². The van der Waals surface area contributed by atoms with E-state index in [9.17, 15) is 4.79 Å². The molecule has 2 amide bonds. The van der Waals surface area contributed by atoms with Crippen LogP contribution >= 0.6 is 11.3 Å². The fourth-order valence-electron chi connectivity index (χ4n) is 2.13. The third-order valence-electron chi connectivity index (χ3n) is 3.29. The van der Waals surface area contributed by atoms with Gasteiger partial charge in [0.2, 0.25) is 0 Å². The smallest absolute Gasteiger partial charge is 0.319 e. The summed E-state index contributed by atoms with van der Waals surface area (Å²) in [6.45, 7) is 3.85. The molecule has 0 radical (unpaired) electrons. The van der Waals surface area contributed by atoms with Gasteiger partial charge in [0.1, 0.15) is 0 Å². The summed E-state index contributed by atoms with van der Waals surface area (Å²) in [7, 11) is 0. The second kappa shape index (κ2) is 6.62. The minimum Gasteiger partial charge on any atom is -0.330 e. The summed E-state index contributed by atoms with van der Waals surface area (Å²) in [6, 6.07) is 9.29. The maximum absolute atomic E-state index is 12.1. The topological polar surface area (TPSA) is 71.8 Å². The van der Waals surface area contributed by atoms with Gasteiger partial charge < -0.3 is 10.6 Å². The lowest BCUT2D eigenvalue weighted by Gasteiger charge is -2.11. The lowest BCUT2D eigenvalue weighted by Crippen LogP contribution is -2.31. The Morgan fingerprint density at radius 3 is 2.78 bits per heavy atom. The molecule has 118 valence electrons. The Bertz CT molecular complexity index is 796. The molecule has 0 fully saturated rings. The van der Waals surface area contributed by atoms with Crippen LogP contribution in [0, 0.1) is 6.92 Å². The lowest BCUT2D eigenvalue weighted by molar-refractivity contribution is 0.249. The van der Waals surface area contributed by atoms with E-state index in [-0.39, 0.29) is 12.1 Å². The predicted molar refractivity (Wildman–Crippen MR) is 91.0 cm³/mol. The van der Waals surface area contributed by atoms with Crippen molar-refractivity contribution in [2.24, 2.45) is 0 Å². The van der Waals surface area contributed by atoms with Gasteiger partial charge in [0.25, 0.3) is 0 Å². The second-order valence-electron chi connectivity index (χ2n) is 5.12. The number of benzene rings is 1. The van der Waals surface area contributed by atoms with Crippen LogP contribution < -0.4 is 10.6 Å². The maximum atomic E-state index is 12.1. The van der Waals surface area contributed by atoms with Crippen molar-refractivity contribution >= 4 is 23.1 Å². The summed E-state index contributed by atoms with van der Waals surface area (Å²) in [5.41, 5.74) is 2.43. The van der Waals surface area contributed by atoms with Gasteiger partial charge >= 0.3 is 6.03 Å². The highest BCUT2D eigenvalue weighted by atomic mass is 32.1. The molecule has 0 saturated heterocycles. The molecule has 2 heterocycles. The summed E-state index contributed by atoms with van der Waals surface area (Å²) in [5.74, 6) is 0. The molecule has 23 heavy (non-hydrogen) atoms. The van der Waals surface area contributed by atoms with Gasteiger partial charge in [-0.1, -0.05) is 18.2 Å². The van der Waals surface area contributed by atoms with Crippen LogP contribution in [0.2, 0.25) is 0 Å². The van der Waals surface area contributed by atoms with Crippen molar-refractivity contribution in [1.82, 2.24) is 20.1 Å². The average molecular weight is 327 g/mol. The van der Waals surface area contributed by atoms with Crippen molar-refractivity contribution in [3.05, 3.63) is 58.8 Å². The Kier molecular flexibility index (Phi) is 4.38. The lowest BCUT2D eigenvalue weighted by atomic mass is 10.3. The first-order chi connectivity index (χ1) is 11.1. The first kappa shape index (κ1) is 15.2. The van der Waals surface area contributed by atoms with Crippen molar-refractivity contribution < 1.29 is 4.79 Å². The minimum absolute atomic E-state index is 0.149. The van der Waals surface area contributed by atoms with Gasteiger partial charge in [-0.2, -0.15) is 5.10 Å². The standard InChI is InChI=1S/C16H17N5OS/c1-11(15-10-23-12(2)19-15)18-16(22)20-13-8-17-21(9-13)14-6-4-3-5-7-14/h3-11H,1-2H3,(H2,18,20,22)/t11-/m0/s1. The molecule has 2 aromatic heterocycles. The van der Waals surface area contributed by atoms with Crippen molar-refractivity contribution in [2.45, 2.75) is 19.9 Å². The molecule has 7 heteroatoms. The van der Waals surface area contributed by atoms with Crippen molar-refractivity contribution in [3.8, 4) is 5.69 Å². The number of rotatable bonds is 4. The molecule has 0 aliphatic rings. The van der Waals surface area contributed by atoms with Crippen molar-refractivity contribution in [2.75, 3.05) is 5.32 Å². The van der Waals surface area contributed by atoms with Gasteiger partial charge in [-0.25, -0.2) is 14.5 Å². The van der Waals surface area contributed by atoms with E-state index in [0.29, 0.717) is 5.69 Å². The summed E-state index contributed by atoms with van der Waals surface area (Å²) in [6.07, 6.45) is 3.39. The number of thiazole rings is 1. The molecule has 0 bridgehead atoms. The van der Waals surface area contributed by atoms with Crippen LogP contribution in [0.25, 0.3) is 5.69 Å². The highest BCUT2D eigenvalue weighted by Gasteiger charge is 2.12. The fourth-order valence-corrected chi connectivity index (χ4v) is 2.83. The number of nitrogens with one attached hydrogen (secondary N) is 2. The Morgan fingerprint density at radius 1 is 1.30 bits per heavy atom. The number of hydrogen-bond donors (Lipinski definition) is 2. The highest BCUT2D eigenvalue weighted by molar-refractivity contribution is 7.09. The van der Waals surface area contributed by atoms with Gasteiger partial charge in [0.05, 0.1) is 40.5 Å². The Balaban J connectivity index is 1.61. The summed E-state index contributed by atoms with van der Waals surface area (Å²) >= 11 is 1.57. The zero-order valence-electron chi connectivity index (χ0n) is 12.9. The summed E-state index contributed by atoms with van der Waals surface area (Å²) < 4.78 is 1.71. The summed E-state index contributed by atoms with van der Waals surface area (Å²) in [4.78, 5) is 16.4. The van der Waals surface area contributed by atoms with Crippen LogP contribution in [0.4, 0.5) is 10.5 Å². The molecule has 0 saturated carbocycles. The molecule has 0 aliphatic carbocycles. The molecule has 3 aromatic rings. The van der Waals surface area contributed by atoms with E-state index in [1.54, 1.807) is 28.4 Å². The summed E-state index contributed by atoms with van der Waals surface area (Å²) in [5, 5.41) is 12.8. The molecule has 0 unspecified atom stereocenters. The minimum atomic E-state index is -0.282. The largest absolute Gasteiger partial charge is 0.330 e. The first-order valence-corrected chi connectivity index (χ1v) is 8.09. The van der Waals surface area contributed by atoms with Crippen LogP contribution in [-0.4, -0.2) is 20.8 Å². The number of anilines is 1. The number of urea groups is 1.